The van der Waals surface area contributed by atoms with Crippen molar-refractivity contribution in [3.05, 3.63) is 26.8 Å². The fraction of sp³-hybridized carbons (Fsp3) is 0.455. The Labute approximate surface area is 103 Å². The highest BCUT2D eigenvalue weighted by Gasteiger charge is 2.20. The van der Waals surface area contributed by atoms with Crippen molar-refractivity contribution < 1.29 is 0 Å². The highest BCUT2D eigenvalue weighted by atomic mass is 127. The first-order chi connectivity index (χ1) is 6.75. The van der Waals surface area contributed by atoms with Crippen LogP contribution >= 0.6 is 34.2 Å². The Hall–Kier alpha value is 0.0400. The predicted molar refractivity (Wildman–Crippen MR) is 70.0 cm³/mol. The van der Waals surface area contributed by atoms with Gasteiger partial charge in [0.05, 0.1) is 10.7 Å². The van der Waals surface area contributed by atoms with Gasteiger partial charge in [0, 0.05) is 10.1 Å². The molecule has 0 amide bonds. The summed E-state index contributed by atoms with van der Waals surface area (Å²) in [6.45, 7) is 1.05. The molecular formula is C11H13ClIN. The van der Waals surface area contributed by atoms with E-state index in [0.717, 1.165) is 23.2 Å². The van der Waals surface area contributed by atoms with Crippen LogP contribution in [-0.2, 0) is 0 Å². The molecule has 3 heteroatoms. The van der Waals surface area contributed by atoms with E-state index in [1.165, 1.54) is 22.8 Å². The Balaban J connectivity index is 1.87. The molecular weight excluding hydrogens is 308 g/mol. The molecule has 2 rings (SSSR count). The van der Waals surface area contributed by atoms with Crippen molar-refractivity contribution in [1.82, 2.24) is 0 Å². The van der Waals surface area contributed by atoms with Crippen LogP contribution in [0.1, 0.15) is 19.3 Å². The lowest BCUT2D eigenvalue weighted by molar-refractivity contribution is 0.760. The minimum absolute atomic E-state index is 0.827. The summed E-state index contributed by atoms with van der Waals surface area (Å²) in [5.41, 5.74) is 1.06. The van der Waals surface area contributed by atoms with E-state index >= 15 is 0 Å². The molecule has 0 heterocycles. The Morgan fingerprint density at radius 2 is 2.21 bits per heavy atom. The normalized spacial score (nSPS) is 15.6. The quantitative estimate of drug-likeness (QED) is 0.821. The van der Waals surface area contributed by atoms with Crippen molar-refractivity contribution in [3.8, 4) is 0 Å². The number of nitrogens with one attached hydrogen (secondary N) is 1. The zero-order chi connectivity index (χ0) is 9.97. The first-order valence-corrected chi connectivity index (χ1v) is 6.40. The summed E-state index contributed by atoms with van der Waals surface area (Å²) in [5, 5.41) is 4.20. The fourth-order valence-corrected chi connectivity index (χ4v) is 2.37. The van der Waals surface area contributed by atoms with E-state index < -0.39 is 0 Å². The largest absolute Gasteiger partial charge is 0.384 e. The van der Waals surface area contributed by atoms with E-state index in [2.05, 4.69) is 40.0 Å². The first kappa shape index (κ1) is 10.6. The number of hydrogen-bond acceptors (Lipinski definition) is 1. The molecule has 1 aliphatic carbocycles. The Bertz CT molecular complexity index is 323. The van der Waals surface area contributed by atoms with Gasteiger partial charge in [-0.3, -0.25) is 0 Å². The van der Waals surface area contributed by atoms with E-state index in [9.17, 15) is 0 Å². The van der Waals surface area contributed by atoms with Gasteiger partial charge in [-0.2, -0.15) is 0 Å². The van der Waals surface area contributed by atoms with Crippen LogP contribution in [0.2, 0.25) is 5.02 Å². The molecule has 0 bridgehead atoms. The molecule has 0 aliphatic heterocycles. The molecule has 76 valence electrons. The maximum atomic E-state index is 6.09. The molecule has 0 unspecified atom stereocenters. The van der Waals surface area contributed by atoms with E-state index in [-0.39, 0.29) is 0 Å². The number of rotatable bonds is 4. The topological polar surface area (TPSA) is 12.0 Å². The number of hydrogen-bond donors (Lipinski definition) is 1. The van der Waals surface area contributed by atoms with Gasteiger partial charge in [0.25, 0.3) is 0 Å². The molecule has 0 spiro atoms. The van der Waals surface area contributed by atoms with E-state index in [1.807, 2.05) is 6.07 Å². The summed E-state index contributed by atoms with van der Waals surface area (Å²) in [5.74, 6) is 0.977. The zero-order valence-corrected chi connectivity index (χ0v) is 10.8. The van der Waals surface area contributed by atoms with Gasteiger partial charge in [-0.05, 0) is 53.1 Å². The van der Waals surface area contributed by atoms with Gasteiger partial charge < -0.3 is 5.32 Å². The summed E-state index contributed by atoms with van der Waals surface area (Å²) in [4.78, 5) is 0. The number of halogens is 2. The lowest BCUT2D eigenvalue weighted by Gasteiger charge is -2.07. The maximum Gasteiger partial charge on any atom is 0.0648 e. The highest BCUT2D eigenvalue weighted by molar-refractivity contribution is 14.1. The molecule has 1 aliphatic rings. The van der Waals surface area contributed by atoms with Crippen LogP contribution in [0, 0.1) is 9.49 Å². The van der Waals surface area contributed by atoms with Gasteiger partial charge in [0.15, 0.2) is 0 Å². The van der Waals surface area contributed by atoms with Gasteiger partial charge in [0.2, 0.25) is 0 Å². The summed E-state index contributed by atoms with van der Waals surface area (Å²) in [7, 11) is 0. The van der Waals surface area contributed by atoms with Crippen LogP contribution in [-0.4, -0.2) is 6.54 Å². The van der Waals surface area contributed by atoms with E-state index in [4.69, 9.17) is 11.6 Å². The van der Waals surface area contributed by atoms with Crippen molar-refractivity contribution in [2.75, 3.05) is 11.9 Å². The molecule has 0 saturated heterocycles. The summed E-state index contributed by atoms with van der Waals surface area (Å²) >= 11 is 8.36. The minimum Gasteiger partial charge on any atom is -0.384 e. The zero-order valence-electron chi connectivity index (χ0n) is 7.89. The maximum absolute atomic E-state index is 6.09. The Kier molecular flexibility index (Phi) is 3.55. The summed E-state index contributed by atoms with van der Waals surface area (Å²) < 4.78 is 1.18. The second-order valence-corrected chi connectivity index (χ2v) is 5.44. The van der Waals surface area contributed by atoms with Crippen molar-refractivity contribution in [3.63, 3.8) is 0 Å². The van der Waals surface area contributed by atoms with Crippen molar-refractivity contribution in [2.45, 2.75) is 19.3 Å². The highest BCUT2D eigenvalue weighted by Crippen LogP contribution is 2.32. The third-order valence-electron chi connectivity index (χ3n) is 2.50. The third-order valence-corrected chi connectivity index (χ3v) is 3.48. The third kappa shape index (κ3) is 3.02. The van der Waals surface area contributed by atoms with Crippen LogP contribution in [0.4, 0.5) is 5.69 Å². The van der Waals surface area contributed by atoms with Gasteiger partial charge in [-0.1, -0.05) is 24.4 Å². The molecule has 0 atom stereocenters. The van der Waals surface area contributed by atoms with Crippen LogP contribution in [0.3, 0.4) is 0 Å². The Morgan fingerprint density at radius 3 is 2.86 bits per heavy atom. The van der Waals surface area contributed by atoms with Crippen molar-refractivity contribution in [2.24, 2.45) is 5.92 Å². The smallest absolute Gasteiger partial charge is 0.0648 e. The van der Waals surface area contributed by atoms with Crippen LogP contribution in [0.25, 0.3) is 0 Å². The lowest BCUT2D eigenvalue weighted by atomic mass is 10.2. The standard InChI is InChI=1S/C11H13ClIN/c12-10-7-9(13)3-4-11(10)14-6-5-8-1-2-8/h3-4,7-8,14H,1-2,5-6H2. The molecule has 1 fully saturated rings. The summed E-state index contributed by atoms with van der Waals surface area (Å²) in [6.07, 6.45) is 4.12. The average molecular weight is 322 g/mol. The second kappa shape index (κ2) is 4.71. The van der Waals surface area contributed by atoms with Gasteiger partial charge >= 0.3 is 0 Å². The molecule has 0 radical (unpaired) electrons. The minimum atomic E-state index is 0.827. The fourth-order valence-electron chi connectivity index (χ4n) is 1.45. The molecule has 14 heavy (non-hydrogen) atoms. The van der Waals surface area contributed by atoms with Crippen molar-refractivity contribution >= 4 is 39.9 Å². The molecule has 1 saturated carbocycles. The molecule has 1 nitrogen and oxygen atoms in total. The van der Waals surface area contributed by atoms with Gasteiger partial charge in [-0.25, -0.2) is 0 Å². The predicted octanol–water partition coefficient (Wildman–Crippen LogP) is 4.16. The van der Waals surface area contributed by atoms with Crippen LogP contribution in [0.5, 0.6) is 0 Å². The summed E-state index contributed by atoms with van der Waals surface area (Å²) in [6, 6.07) is 6.12. The van der Waals surface area contributed by atoms with E-state index in [1.54, 1.807) is 0 Å². The Morgan fingerprint density at radius 1 is 1.43 bits per heavy atom. The SMILES string of the molecule is Clc1cc(I)ccc1NCCC1CC1. The number of benzene rings is 1. The van der Waals surface area contributed by atoms with Crippen molar-refractivity contribution in [1.29, 1.82) is 0 Å². The number of anilines is 1. The molecule has 1 N–H and O–H groups in total. The van der Waals surface area contributed by atoms with Gasteiger partial charge in [0.1, 0.15) is 0 Å². The molecule has 1 aromatic rings. The monoisotopic (exact) mass is 321 g/mol. The van der Waals surface area contributed by atoms with E-state index in [0.29, 0.717) is 0 Å². The average Bonchev–Trinajstić information content (AvgIpc) is 2.92. The first-order valence-electron chi connectivity index (χ1n) is 4.94. The van der Waals surface area contributed by atoms with Crippen LogP contribution < -0.4 is 5.32 Å². The second-order valence-electron chi connectivity index (χ2n) is 3.78. The van der Waals surface area contributed by atoms with Gasteiger partial charge in [-0.15, -0.1) is 0 Å². The lowest BCUT2D eigenvalue weighted by Crippen LogP contribution is -2.02. The molecule has 1 aromatic carbocycles. The molecule has 0 aromatic heterocycles. The van der Waals surface area contributed by atoms with Crippen LogP contribution in [0.15, 0.2) is 18.2 Å².